The molecule has 4 rings (SSSR count). The quantitative estimate of drug-likeness (QED) is 0.789. The third-order valence-electron chi connectivity index (χ3n) is 5.72. The second kappa shape index (κ2) is 8.65. The lowest BCUT2D eigenvalue weighted by molar-refractivity contribution is -0.117. The molecule has 2 heterocycles. The van der Waals surface area contributed by atoms with E-state index in [1.165, 1.54) is 9.87 Å². The Morgan fingerprint density at radius 1 is 0.966 bits per heavy atom. The van der Waals surface area contributed by atoms with Crippen molar-refractivity contribution in [2.75, 3.05) is 31.5 Å². The number of likely N-dealkylation sites (tertiary alicyclic amines) is 1. The van der Waals surface area contributed by atoms with Crippen molar-refractivity contribution in [3.8, 4) is 0 Å². The Kier molecular flexibility index (Phi) is 5.99. The largest absolute Gasteiger partial charge is 0.325 e. The van der Waals surface area contributed by atoms with Gasteiger partial charge >= 0.3 is 0 Å². The molecule has 1 atom stereocenters. The minimum absolute atomic E-state index is 0.122. The van der Waals surface area contributed by atoms with Crippen molar-refractivity contribution < 1.29 is 13.2 Å². The van der Waals surface area contributed by atoms with E-state index in [1.54, 1.807) is 24.3 Å². The summed E-state index contributed by atoms with van der Waals surface area (Å²) < 4.78 is 27.0. The first-order valence-electron chi connectivity index (χ1n) is 10.2. The number of hydrogen-bond donors (Lipinski definition) is 1. The molecule has 0 aliphatic carbocycles. The Hall–Kier alpha value is -2.22. The van der Waals surface area contributed by atoms with E-state index in [4.69, 9.17) is 0 Å². The molecule has 29 heavy (non-hydrogen) atoms. The molecule has 154 valence electrons. The van der Waals surface area contributed by atoms with Crippen LogP contribution in [0.4, 0.5) is 5.69 Å². The van der Waals surface area contributed by atoms with Crippen molar-refractivity contribution in [2.24, 2.45) is 0 Å². The van der Waals surface area contributed by atoms with Gasteiger partial charge in [-0.2, -0.15) is 4.31 Å². The monoisotopic (exact) mass is 413 g/mol. The first-order valence-corrected chi connectivity index (χ1v) is 11.7. The van der Waals surface area contributed by atoms with Crippen LogP contribution in [0.25, 0.3) is 0 Å². The van der Waals surface area contributed by atoms with Gasteiger partial charge in [-0.3, -0.25) is 9.69 Å². The number of nitrogens with one attached hydrogen (secondary N) is 1. The van der Waals surface area contributed by atoms with Crippen LogP contribution in [0, 0.1) is 0 Å². The van der Waals surface area contributed by atoms with Crippen LogP contribution in [-0.4, -0.2) is 49.7 Å². The number of benzene rings is 2. The predicted molar refractivity (Wildman–Crippen MR) is 113 cm³/mol. The standard InChI is InChI=1S/C22H27N3O3S/c26-22(17-24-13-7-12-21(24)18-8-2-1-3-9-18)23-19-10-6-11-20(16-19)29(27,28)25-14-4-5-15-25/h1-3,6,8-11,16,21H,4-5,7,12-15,17H2,(H,23,26). The molecule has 2 aliphatic rings. The Labute approximate surface area is 172 Å². The number of carbonyl (C=O) groups is 1. The summed E-state index contributed by atoms with van der Waals surface area (Å²) in [4.78, 5) is 15.1. The molecule has 2 aliphatic heterocycles. The molecule has 6 nitrogen and oxygen atoms in total. The molecular weight excluding hydrogens is 386 g/mol. The van der Waals surface area contributed by atoms with Crippen molar-refractivity contribution >= 4 is 21.6 Å². The summed E-state index contributed by atoms with van der Waals surface area (Å²) in [5.74, 6) is -0.122. The third-order valence-corrected chi connectivity index (χ3v) is 7.61. The SMILES string of the molecule is O=C(CN1CCCC1c1ccccc1)Nc1cccc(S(=O)(=O)N2CCCC2)c1. The van der Waals surface area contributed by atoms with E-state index in [0.29, 0.717) is 25.3 Å². The van der Waals surface area contributed by atoms with E-state index in [0.717, 1.165) is 32.2 Å². The number of nitrogens with zero attached hydrogens (tertiary/aromatic N) is 2. The number of amides is 1. The number of hydrogen-bond acceptors (Lipinski definition) is 4. The van der Waals surface area contributed by atoms with Gasteiger partial charge in [0.15, 0.2) is 0 Å². The van der Waals surface area contributed by atoms with E-state index in [-0.39, 0.29) is 16.8 Å². The average Bonchev–Trinajstić information content (AvgIpc) is 3.41. The minimum Gasteiger partial charge on any atom is -0.325 e. The summed E-state index contributed by atoms with van der Waals surface area (Å²) in [5.41, 5.74) is 1.75. The van der Waals surface area contributed by atoms with Crippen LogP contribution in [0.1, 0.15) is 37.3 Å². The lowest BCUT2D eigenvalue weighted by Gasteiger charge is -2.24. The molecule has 2 fully saturated rings. The normalized spacial score (nSPS) is 20.8. The topological polar surface area (TPSA) is 69.7 Å². The molecule has 1 amide bonds. The number of rotatable bonds is 6. The molecule has 2 saturated heterocycles. The van der Waals surface area contributed by atoms with Crippen molar-refractivity contribution in [1.29, 1.82) is 0 Å². The minimum atomic E-state index is -3.49. The number of carbonyl (C=O) groups excluding carboxylic acids is 1. The first-order chi connectivity index (χ1) is 14.0. The highest BCUT2D eigenvalue weighted by Crippen LogP contribution is 2.31. The fourth-order valence-electron chi connectivity index (χ4n) is 4.26. The highest BCUT2D eigenvalue weighted by molar-refractivity contribution is 7.89. The zero-order valence-corrected chi connectivity index (χ0v) is 17.3. The van der Waals surface area contributed by atoms with Gasteiger partial charge in [0.05, 0.1) is 11.4 Å². The Balaban J connectivity index is 1.42. The Morgan fingerprint density at radius 3 is 2.48 bits per heavy atom. The van der Waals surface area contributed by atoms with Gasteiger partial charge in [0, 0.05) is 24.8 Å². The molecule has 0 saturated carbocycles. The van der Waals surface area contributed by atoms with Gasteiger partial charge in [-0.15, -0.1) is 0 Å². The fraction of sp³-hybridized carbons (Fsp3) is 0.409. The summed E-state index contributed by atoms with van der Waals surface area (Å²) in [7, 11) is -3.49. The van der Waals surface area contributed by atoms with Gasteiger partial charge < -0.3 is 5.32 Å². The molecule has 2 aromatic rings. The van der Waals surface area contributed by atoms with Gasteiger partial charge in [0.25, 0.3) is 0 Å². The average molecular weight is 414 g/mol. The van der Waals surface area contributed by atoms with Crippen LogP contribution in [0.15, 0.2) is 59.5 Å². The van der Waals surface area contributed by atoms with Crippen LogP contribution in [0.3, 0.4) is 0 Å². The number of sulfonamides is 1. The van der Waals surface area contributed by atoms with Crippen LogP contribution in [0.5, 0.6) is 0 Å². The molecule has 0 spiro atoms. The Bertz CT molecular complexity index is 956. The summed E-state index contributed by atoms with van der Waals surface area (Å²) in [6.07, 6.45) is 3.90. The van der Waals surface area contributed by atoms with Crippen LogP contribution in [-0.2, 0) is 14.8 Å². The van der Waals surface area contributed by atoms with Gasteiger partial charge in [0.2, 0.25) is 15.9 Å². The maximum absolute atomic E-state index is 12.8. The summed E-state index contributed by atoms with van der Waals surface area (Å²) in [5, 5.41) is 2.88. The summed E-state index contributed by atoms with van der Waals surface area (Å²) in [6.45, 7) is 2.31. The first kappa shape index (κ1) is 20.1. The maximum Gasteiger partial charge on any atom is 0.243 e. The van der Waals surface area contributed by atoms with Crippen molar-refractivity contribution in [1.82, 2.24) is 9.21 Å². The van der Waals surface area contributed by atoms with E-state index in [1.807, 2.05) is 18.2 Å². The predicted octanol–water partition coefficient (Wildman–Crippen LogP) is 3.25. The molecule has 1 unspecified atom stereocenters. The number of anilines is 1. The highest BCUT2D eigenvalue weighted by Gasteiger charge is 2.29. The fourth-order valence-corrected chi connectivity index (χ4v) is 5.83. The summed E-state index contributed by atoms with van der Waals surface area (Å²) >= 11 is 0. The lowest BCUT2D eigenvalue weighted by atomic mass is 10.0. The zero-order valence-electron chi connectivity index (χ0n) is 16.5. The van der Waals surface area contributed by atoms with E-state index in [2.05, 4.69) is 22.3 Å². The second-order valence-electron chi connectivity index (χ2n) is 7.73. The van der Waals surface area contributed by atoms with Crippen LogP contribution >= 0.6 is 0 Å². The highest BCUT2D eigenvalue weighted by atomic mass is 32.2. The molecule has 0 bridgehead atoms. The van der Waals surface area contributed by atoms with Gasteiger partial charge in [-0.25, -0.2) is 8.42 Å². The van der Waals surface area contributed by atoms with Crippen LogP contribution in [0.2, 0.25) is 0 Å². The molecule has 2 aromatic carbocycles. The van der Waals surface area contributed by atoms with Gasteiger partial charge in [0.1, 0.15) is 0 Å². The van der Waals surface area contributed by atoms with E-state index < -0.39 is 10.0 Å². The second-order valence-corrected chi connectivity index (χ2v) is 9.66. The van der Waals surface area contributed by atoms with Gasteiger partial charge in [-0.1, -0.05) is 36.4 Å². The molecule has 0 radical (unpaired) electrons. The van der Waals surface area contributed by atoms with Crippen molar-refractivity contribution in [2.45, 2.75) is 36.6 Å². The zero-order chi connectivity index (χ0) is 20.3. The lowest BCUT2D eigenvalue weighted by Crippen LogP contribution is -2.33. The van der Waals surface area contributed by atoms with Crippen molar-refractivity contribution in [3.63, 3.8) is 0 Å². The van der Waals surface area contributed by atoms with Gasteiger partial charge in [-0.05, 0) is 56.0 Å². The molecule has 1 N–H and O–H groups in total. The maximum atomic E-state index is 12.8. The Morgan fingerprint density at radius 2 is 1.72 bits per heavy atom. The smallest absolute Gasteiger partial charge is 0.243 e. The summed E-state index contributed by atoms with van der Waals surface area (Å²) in [6, 6.07) is 17.1. The van der Waals surface area contributed by atoms with E-state index >= 15 is 0 Å². The third kappa shape index (κ3) is 4.52. The molecule has 7 heteroatoms. The van der Waals surface area contributed by atoms with E-state index in [9.17, 15) is 13.2 Å². The molecule has 0 aromatic heterocycles. The van der Waals surface area contributed by atoms with Crippen molar-refractivity contribution in [3.05, 3.63) is 60.2 Å². The molecular formula is C22H27N3O3S. The van der Waals surface area contributed by atoms with Crippen LogP contribution < -0.4 is 5.32 Å².